The number of carbonyl (C=O) groups is 1. The molecule has 0 aliphatic carbocycles. The van der Waals surface area contributed by atoms with Crippen molar-refractivity contribution in [1.29, 1.82) is 0 Å². The summed E-state index contributed by atoms with van der Waals surface area (Å²) >= 11 is 0. The van der Waals surface area contributed by atoms with Gasteiger partial charge in [-0.25, -0.2) is 0 Å². The maximum Gasteiger partial charge on any atom is 0.227 e. The molecule has 0 fully saturated rings. The van der Waals surface area contributed by atoms with E-state index < -0.39 is 5.41 Å². The Morgan fingerprint density at radius 2 is 1.88 bits per heavy atom. The number of hydrogen-bond acceptors (Lipinski definition) is 2. The summed E-state index contributed by atoms with van der Waals surface area (Å²) in [6, 6.07) is 8.18. The van der Waals surface area contributed by atoms with Crippen molar-refractivity contribution in [3.63, 3.8) is 0 Å². The van der Waals surface area contributed by atoms with Gasteiger partial charge in [-0.15, -0.1) is 0 Å². The fraction of sp³-hybridized carbons (Fsp3) is 0.500. The van der Waals surface area contributed by atoms with Gasteiger partial charge in [0.2, 0.25) is 5.91 Å². The fourth-order valence-electron chi connectivity index (χ4n) is 1.42. The van der Waals surface area contributed by atoms with Crippen LogP contribution in [0, 0.1) is 12.3 Å². The highest BCUT2D eigenvalue weighted by Gasteiger charge is 2.26. The first-order valence-electron chi connectivity index (χ1n) is 5.94. The number of aryl methyl sites for hydroxylation is 1. The lowest BCUT2D eigenvalue weighted by molar-refractivity contribution is -0.129. The van der Waals surface area contributed by atoms with Crippen molar-refractivity contribution < 1.29 is 4.79 Å². The summed E-state index contributed by atoms with van der Waals surface area (Å²) in [6.07, 6.45) is 0. The van der Waals surface area contributed by atoms with Gasteiger partial charge in [0.1, 0.15) is 0 Å². The number of nitrogens with two attached hydrogens (primary N) is 1. The van der Waals surface area contributed by atoms with Crippen LogP contribution in [0.2, 0.25) is 0 Å². The first kappa shape index (κ1) is 13.7. The summed E-state index contributed by atoms with van der Waals surface area (Å²) in [7, 11) is 0. The highest BCUT2D eigenvalue weighted by atomic mass is 16.2. The molecule has 0 saturated carbocycles. The van der Waals surface area contributed by atoms with Gasteiger partial charge in [0.25, 0.3) is 0 Å². The van der Waals surface area contributed by atoms with Crippen LogP contribution in [0.1, 0.15) is 37.9 Å². The standard InChI is InChI=1S/C14H22N2O/c1-10-5-7-12(8-6-10)11(2)16-13(17)14(3,4)9-15/h5-8,11H,9,15H2,1-4H3,(H,16,17). The zero-order chi connectivity index (χ0) is 13.1. The lowest BCUT2D eigenvalue weighted by Crippen LogP contribution is -2.42. The zero-order valence-corrected chi connectivity index (χ0v) is 11.1. The molecule has 1 unspecified atom stereocenters. The van der Waals surface area contributed by atoms with Crippen LogP contribution in [0.3, 0.4) is 0 Å². The van der Waals surface area contributed by atoms with Crippen molar-refractivity contribution in [3.05, 3.63) is 35.4 Å². The summed E-state index contributed by atoms with van der Waals surface area (Å²) in [5.74, 6) is -0.00641. The molecule has 1 atom stereocenters. The van der Waals surface area contributed by atoms with Crippen LogP contribution in [0.15, 0.2) is 24.3 Å². The van der Waals surface area contributed by atoms with E-state index in [0.29, 0.717) is 6.54 Å². The van der Waals surface area contributed by atoms with Gasteiger partial charge in [0.05, 0.1) is 11.5 Å². The molecule has 1 aromatic rings. The average Bonchev–Trinajstić information content (AvgIpc) is 2.29. The third-order valence-electron chi connectivity index (χ3n) is 3.05. The molecule has 1 aromatic carbocycles. The van der Waals surface area contributed by atoms with Crippen LogP contribution in [0.5, 0.6) is 0 Å². The second-order valence-corrected chi connectivity index (χ2v) is 5.19. The van der Waals surface area contributed by atoms with E-state index in [0.717, 1.165) is 5.56 Å². The third kappa shape index (κ3) is 3.56. The second kappa shape index (κ2) is 5.32. The summed E-state index contributed by atoms with van der Waals surface area (Å²) in [4.78, 5) is 12.0. The first-order chi connectivity index (χ1) is 7.86. The Kier molecular flexibility index (Phi) is 4.29. The van der Waals surface area contributed by atoms with Crippen molar-refractivity contribution in [2.75, 3.05) is 6.54 Å². The molecule has 1 rings (SSSR count). The fourth-order valence-corrected chi connectivity index (χ4v) is 1.42. The van der Waals surface area contributed by atoms with E-state index in [-0.39, 0.29) is 11.9 Å². The number of hydrogen-bond donors (Lipinski definition) is 2. The lowest BCUT2D eigenvalue weighted by atomic mass is 9.92. The monoisotopic (exact) mass is 234 g/mol. The minimum absolute atomic E-state index is 0.00641. The van der Waals surface area contributed by atoms with Gasteiger partial charge in [-0.1, -0.05) is 29.8 Å². The molecule has 17 heavy (non-hydrogen) atoms. The quantitative estimate of drug-likeness (QED) is 0.838. The van der Waals surface area contributed by atoms with Gasteiger partial charge >= 0.3 is 0 Å². The zero-order valence-electron chi connectivity index (χ0n) is 11.1. The van der Waals surface area contributed by atoms with E-state index in [4.69, 9.17) is 5.73 Å². The average molecular weight is 234 g/mol. The normalized spacial score (nSPS) is 13.2. The van der Waals surface area contributed by atoms with E-state index in [1.165, 1.54) is 5.56 Å². The Morgan fingerprint density at radius 3 is 2.35 bits per heavy atom. The van der Waals surface area contributed by atoms with Crippen LogP contribution in [0.4, 0.5) is 0 Å². The summed E-state index contributed by atoms with van der Waals surface area (Å²) < 4.78 is 0. The van der Waals surface area contributed by atoms with Crippen molar-refractivity contribution in [3.8, 4) is 0 Å². The van der Waals surface area contributed by atoms with Gasteiger partial charge in [0.15, 0.2) is 0 Å². The maximum atomic E-state index is 12.0. The van der Waals surface area contributed by atoms with Crippen LogP contribution in [-0.2, 0) is 4.79 Å². The molecule has 94 valence electrons. The highest BCUT2D eigenvalue weighted by molar-refractivity contribution is 5.82. The molecule has 3 nitrogen and oxygen atoms in total. The Bertz CT molecular complexity index is 382. The van der Waals surface area contributed by atoms with Gasteiger partial charge in [-0.05, 0) is 33.3 Å². The summed E-state index contributed by atoms with van der Waals surface area (Å²) in [5, 5.41) is 2.99. The summed E-state index contributed by atoms with van der Waals surface area (Å²) in [6.45, 7) is 8.08. The molecular formula is C14H22N2O. The predicted octanol–water partition coefficient (Wildman–Crippen LogP) is 2.16. The van der Waals surface area contributed by atoms with E-state index in [9.17, 15) is 4.79 Å². The molecular weight excluding hydrogens is 212 g/mol. The molecule has 0 spiro atoms. The number of rotatable bonds is 4. The predicted molar refractivity (Wildman–Crippen MR) is 70.6 cm³/mol. The van der Waals surface area contributed by atoms with E-state index in [1.54, 1.807) is 0 Å². The van der Waals surface area contributed by atoms with Crippen molar-refractivity contribution in [1.82, 2.24) is 5.32 Å². The van der Waals surface area contributed by atoms with Crippen molar-refractivity contribution in [2.45, 2.75) is 33.7 Å². The number of nitrogens with one attached hydrogen (secondary N) is 1. The van der Waals surface area contributed by atoms with Crippen LogP contribution in [0.25, 0.3) is 0 Å². The lowest BCUT2D eigenvalue weighted by Gasteiger charge is -2.24. The molecule has 0 radical (unpaired) electrons. The minimum Gasteiger partial charge on any atom is -0.349 e. The Balaban J connectivity index is 2.70. The second-order valence-electron chi connectivity index (χ2n) is 5.19. The molecule has 0 aliphatic rings. The van der Waals surface area contributed by atoms with Crippen molar-refractivity contribution in [2.24, 2.45) is 11.1 Å². The molecule has 0 bridgehead atoms. The number of amides is 1. The summed E-state index contributed by atoms with van der Waals surface area (Å²) in [5.41, 5.74) is 7.39. The topological polar surface area (TPSA) is 55.1 Å². The molecule has 1 amide bonds. The first-order valence-corrected chi connectivity index (χ1v) is 5.94. The van der Waals surface area contributed by atoms with E-state index in [1.807, 2.05) is 52.0 Å². The molecule has 0 aliphatic heterocycles. The third-order valence-corrected chi connectivity index (χ3v) is 3.05. The largest absolute Gasteiger partial charge is 0.349 e. The minimum atomic E-state index is -0.515. The Labute approximate surface area is 103 Å². The molecule has 3 N–H and O–H groups in total. The van der Waals surface area contributed by atoms with Gasteiger partial charge in [-0.3, -0.25) is 4.79 Å². The smallest absolute Gasteiger partial charge is 0.227 e. The van der Waals surface area contributed by atoms with Gasteiger partial charge < -0.3 is 11.1 Å². The van der Waals surface area contributed by atoms with E-state index in [2.05, 4.69) is 5.32 Å². The van der Waals surface area contributed by atoms with Crippen LogP contribution >= 0.6 is 0 Å². The van der Waals surface area contributed by atoms with E-state index >= 15 is 0 Å². The number of carbonyl (C=O) groups excluding carboxylic acids is 1. The highest BCUT2D eigenvalue weighted by Crippen LogP contribution is 2.17. The van der Waals surface area contributed by atoms with Gasteiger partial charge in [0, 0.05) is 6.54 Å². The van der Waals surface area contributed by atoms with Crippen LogP contribution < -0.4 is 11.1 Å². The number of benzene rings is 1. The molecule has 0 saturated heterocycles. The molecule has 3 heteroatoms. The van der Waals surface area contributed by atoms with Gasteiger partial charge in [-0.2, -0.15) is 0 Å². The van der Waals surface area contributed by atoms with Crippen LogP contribution in [-0.4, -0.2) is 12.5 Å². The molecule has 0 heterocycles. The van der Waals surface area contributed by atoms with Crippen molar-refractivity contribution >= 4 is 5.91 Å². The molecule has 0 aromatic heterocycles. The Hall–Kier alpha value is -1.35. The maximum absolute atomic E-state index is 12.0. The SMILES string of the molecule is Cc1ccc(C(C)NC(=O)C(C)(C)CN)cc1. The Morgan fingerprint density at radius 1 is 1.35 bits per heavy atom.